The Morgan fingerprint density at radius 3 is 2.69 bits per heavy atom. The molecule has 0 radical (unpaired) electrons. The summed E-state index contributed by atoms with van der Waals surface area (Å²) < 4.78 is 0. The Hall–Kier alpha value is -1.23. The number of nitrogens with one attached hydrogen (secondary N) is 1. The number of hydrazine groups is 1. The number of hydrogen-bond donors (Lipinski definition) is 2. The predicted octanol–water partition coefficient (Wildman–Crippen LogP) is 2.31. The van der Waals surface area contributed by atoms with Gasteiger partial charge in [-0.2, -0.15) is 0 Å². The minimum Gasteiger partial charge on any atom is -0.271 e. The van der Waals surface area contributed by atoms with Gasteiger partial charge in [-0.25, -0.2) is 5.43 Å². The van der Waals surface area contributed by atoms with Gasteiger partial charge in [0.25, 0.3) is 0 Å². The highest BCUT2D eigenvalue weighted by Crippen LogP contribution is 2.26. The van der Waals surface area contributed by atoms with Crippen molar-refractivity contribution in [2.75, 3.05) is 0 Å². The Bertz CT molecular complexity index is 479. The average Bonchev–Trinajstić information content (AvgIpc) is 2.67. The summed E-state index contributed by atoms with van der Waals surface area (Å²) in [5.74, 6) is 5.63. The van der Waals surface area contributed by atoms with E-state index in [1.807, 2.05) is 25.1 Å². The lowest BCUT2D eigenvalue weighted by molar-refractivity contribution is 0.618. The van der Waals surface area contributed by atoms with Crippen molar-refractivity contribution in [3.63, 3.8) is 0 Å². The van der Waals surface area contributed by atoms with Gasteiger partial charge in [-0.3, -0.25) is 10.8 Å². The second kappa shape index (κ2) is 4.74. The van der Waals surface area contributed by atoms with Crippen LogP contribution in [-0.4, -0.2) is 4.98 Å². The van der Waals surface area contributed by atoms with E-state index < -0.39 is 0 Å². The zero-order valence-electron chi connectivity index (χ0n) is 9.40. The third-order valence-electron chi connectivity index (χ3n) is 2.58. The molecule has 16 heavy (non-hydrogen) atoms. The number of aromatic nitrogens is 1. The van der Waals surface area contributed by atoms with E-state index in [4.69, 9.17) is 5.84 Å². The van der Waals surface area contributed by atoms with Crippen LogP contribution < -0.4 is 11.3 Å². The van der Waals surface area contributed by atoms with Crippen LogP contribution in [0.4, 0.5) is 0 Å². The predicted molar refractivity (Wildman–Crippen MR) is 67.2 cm³/mol. The minimum atomic E-state index is -0.0221. The molecular weight excluding hydrogens is 218 g/mol. The molecule has 84 valence electrons. The highest BCUT2D eigenvalue weighted by molar-refractivity contribution is 7.10. The van der Waals surface area contributed by atoms with Gasteiger partial charge in [0.05, 0.1) is 11.7 Å². The Labute approximate surface area is 99.3 Å². The molecule has 0 aliphatic rings. The molecule has 0 saturated heterocycles. The van der Waals surface area contributed by atoms with Crippen molar-refractivity contribution in [1.29, 1.82) is 0 Å². The van der Waals surface area contributed by atoms with Crippen molar-refractivity contribution < 1.29 is 0 Å². The van der Waals surface area contributed by atoms with Crippen LogP contribution in [0.25, 0.3) is 0 Å². The first-order valence-corrected chi connectivity index (χ1v) is 6.04. The van der Waals surface area contributed by atoms with E-state index in [0.29, 0.717) is 0 Å². The summed E-state index contributed by atoms with van der Waals surface area (Å²) in [5.41, 5.74) is 6.00. The number of thiophene rings is 1. The maximum absolute atomic E-state index is 5.63. The van der Waals surface area contributed by atoms with Gasteiger partial charge in [0, 0.05) is 10.6 Å². The van der Waals surface area contributed by atoms with Gasteiger partial charge in [0.2, 0.25) is 0 Å². The molecule has 0 aliphatic carbocycles. The standard InChI is InChI=1S/C12H15N3S/c1-8-4-3-5-11(14-8)12(15-13)10-6-7-16-9(10)2/h3-7,12,15H,13H2,1-2H3. The summed E-state index contributed by atoms with van der Waals surface area (Å²) in [7, 11) is 0. The molecule has 1 atom stereocenters. The van der Waals surface area contributed by atoms with E-state index in [2.05, 4.69) is 28.8 Å². The van der Waals surface area contributed by atoms with Crippen LogP contribution in [0.15, 0.2) is 29.6 Å². The third-order valence-corrected chi connectivity index (χ3v) is 3.44. The topological polar surface area (TPSA) is 50.9 Å². The average molecular weight is 233 g/mol. The Morgan fingerprint density at radius 2 is 2.12 bits per heavy atom. The fraction of sp³-hybridized carbons (Fsp3) is 0.250. The lowest BCUT2D eigenvalue weighted by Gasteiger charge is -2.15. The third kappa shape index (κ3) is 2.14. The van der Waals surface area contributed by atoms with E-state index >= 15 is 0 Å². The first-order valence-electron chi connectivity index (χ1n) is 5.16. The maximum atomic E-state index is 5.63. The zero-order chi connectivity index (χ0) is 11.5. The highest BCUT2D eigenvalue weighted by Gasteiger charge is 2.16. The first-order chi connectivity index (χ1) is 7.72. The van der Waals surface area contributed by atoms with Gasteiger partial charge in [0.1, 0.15) is 0 Å². The second-order valence-corrected chi connectivity index (χ2v) is 4.86. The Morgan fingerprint density at radius 1 is 1.31 bits per heavy atom. The summed E-state index contributed by atoms with van der Waals surface area (Å²) in [6, 6.07) is 8.05. The SMILES string of the molecule is Cc1cccc(C(NN)c2ccsc2C)n1. The molecule has 3 N–H and O–H groups in total. The van der Waals surface area contributed by atoms with Crippen LogP contribution in [-0.2, 0) is 0 Å². The molecule has 2 aromatic rings. The van der Waals surface area contributed by atoms with Crippen molar-refractivity contribution in [3.05, 3.63) is 51.5 Å². The molecule has 2 aromatic heterocycles. The van der Waals surface area contributed by atoms with Gasteiger partial charge in [-0.15, -0.1) is 11.3 Å². The number of nitrogens with zero attached hydrogens (tertiary/aromatic N) is 1. The largest absolute Gasteiger partial charge is 0.271 e. The molecule has 0 aliphatic heterocycles. The van der Waals surface area contributed by atoms with E-state index in [0.717, 1.165) is 11.4 Å². The number of pyridine rings is 1. The monoisotopic (exact) mass is 233 g/mol. The molecule has 1 unspecified atom stereocenters. The molecule has 0 spiro atoms. The van der Waals surface area contributed by atoms with Crippen LogP contribution in [0.2, 0.25) is 0 Å². The highest BCUT2D eigenvalue weighted by atomic mass is 32.1. The lowest BCUT2D eigenvalue weighted by Crippen LogP contribution is -2.29. The van der Waals surface area contributed by atoms with Crippen LogP contribution in [0.3, 0.4) is 0 Å². The van der Waals surface area contributed by atoms with Gasteiger partial charge in [-0.05, 0) is 43.0 Å². The summed E-state index contributed by atoms with van der Waals surface area (Å²) >= 11 is 1.72. The summed E-state index contributed by atoms with van der Waals surface area (Å²) in [6.45, 7) is 4.08. The first kappa shape index (κ1) is 11.3. The quantitative estimate of drug-likeness (QED) is 0.632. The maximum Gasteiger partial charge on any atom is 0.0892 e. The fourth-order valence-corrected chi connectivity index (χ4v) is 2.49. The molecule has 0 bridgehead atoms. The van der Waals surface area contributed by atoms with E-state index in [-0.39, 0.29) is 6.04 Å². The second-order valence-electron chi connectivity index (χ2n) is 3.74. The van der Waals surface area contributed by atoms with Gasteiger partial charge in [-0.1, -0.05) is 6.07 Å². The number of hydrogen-bond acceptors (Lipinski definition) is 4. The van der Waals surface area contributed by atoms with Crippen molar-refractivity contribution in [1.82, 2.24) is 10.4 Å². The van der Waals surface area contributed by atoms with Crippen LogP contribution >= 0.6 is 11.3 Å². The summed E-state index contributed by atoms with van der Waals surface area (Å²) in [5, 5.41) is 2.07. The normalized spacial score (nSPS) is 12.7. The number of nitrogens with two attached hydrogens (primary N) is 1. The molecule has 0 saturated carbocycles. The van der Waals surface area contributed by atoms with Crippen molar-refractivity contribution >= 4 is 11.3 Å². The minimum absolute atomic E-state index is 0.0221. The van der Waals surface area contributed by atoms with Crippen molar-refractivity contribution in [2.45, 2.75) is 19.9 Å². The summed E-state index contributed by atoms with van der Waals surface area (Å²) in [4.78, 5) is 5.77. The number of rotatable bonds is 3. The fourth-order valence-electron chi connectivity index (χ4n) is 1.75. The Balaban J connectivity index is 2.40. The smallest absolute Gasteiger partial charge is 0.0892 e. The van der Waals surface area contributed by atoms with E-state index in [1.165, 1.54) is 10.4 Å². The van der Waals surface area contributed by atoms with Crippen LogP contribution in [0.1, 0.15) is 27.9 Å². The lowest BCUT2D eigenvalue weighted by atomic mass is 10.0. The van der Waals surface area contributed by atoms with Gasteiger partial charge >= 0.3 is 0 Å². The molecule has 0 fully saturated rings. The van der Waals surface area contributed by atoms with Gasteiger partial charge in [0.15, 0.2) is 0 Å². The van der Waals surface area contributed by atoms with Crippen LogP contribution in [0, 0.1) is 13.8 Å². The van der Waals surface area contributed by atoms with Gasteiger partial charge < -0.3 is 0 Å². The van der Waals surface area contributed by atoms with Crippen molar-refractivity contribution in [3.8, 4) is 0 Å². The van der Waals surface area contributed by atoms with Crippen LogP contribution in [0.5, 0.6) is 0 Å². The molecule has 3 nitrogen and oxygen atoms in total. The van der Waals surface area contributed by atoms with E-state index in [9.17, 15) is 0 Å². The molecule has 2 heterocycles. The Kier molecular flexibility index (Phi) is 3.33. The number of aryl methyl sites for hydroxylation is 2. The van der Waals surface area contributed by atoms with Crippen molar-refractivity contribution in [2.24, 2.45) is 5.84 Å². The molecular formula is C12H15N3S. The molecule has 0 aromatic carbocycles. The summed E-state index contributed by atoms with van der Waals surface area (Å²) in [6.07, 6.45) is 0. The molecule has 0 amide bonds. The van der Waals surface area contributed by atoms with E-state index in [1.54, 1.807) is 11.3 Å². The zero-order valence-corrected chi connectivity index (χ0v) is 10.2. The molecule has 4 heteroatoms. The molecule has 2 rings (SSSR count).